The molecule has 2 N–H and O–H groups in total. The minimum atomic E-state index is -0.644. The van der Waals surface area contributed by atoms with E-state index in [2.05, 4.69) is 5.10 Å². The number of hydrogen-bond donors (Lipinski definition) is 1. The number of halogens is 2. The number of ketones is 1. The lowest BCUT2D eigenvalue weighted by atomic mass is 10.1. The molecule has 0 bridgehead atoms. The standard InChI is InChI=1S/C13H13ClFN3O2/c1-20-6-5-18-12(9(14)7-17-18)13(19)8-3-2-4-10(15)11(8)16/h2-4,7H,5-6,16H2,1H3. The minimum Gasteiger partial charge on any atom is -0.396 e. The van der Waals surface area contributed by atoms with Gasteiger partial charge in [-0.2, -0.15) is 5.10 Å². The number of benzene rings is 1. The van der Waals surface area contributed by atoms with Gasteiger partial charge in [0.05, 0.1) is 35.6 Å². The monoisotopic (exact) mass is 297 g/mol. The Bertz CT molecular complexity index is 643. The summed E-state index contributed by atoms with van der Waals surface area (Å²) < 4.78 is 19.8. The molecule has 106 valence electrons. The Kier molecular flexibility index (Phi) is 4.36. The number of hydrogen-bond acceptors (Lipinski definition) is 4. The molecule has 1 heterocycles. The maximum Gasteiger partial charge on any atom is 0.214 e. The number of para-hydroxylation sites is 1. The van der Waals surface area contributed by atoms with Crippen molar-refractivity contribution in [3.63, 3.8) is 0 Å². The van der Waals surface area contributed by atoms with E-state index in [1.807, 2.05) is 0 Å². The van der Waals surface area contributed by atoms with Crippen molar-refractivity contribution in [2.45, 2.75) is 6.54 Å². The Labute approximate surface area is 120 Å². The van der Waals surface area contributed by atoms with Crippen LogP contribution in [0.2, 0.25) is 5.02 Å². The van der Waals surface area contributed by atoms with Crippen molar-refractivity contribution in [3.05, 3.63) is 46.5 Å². The molecule has 0 saturated heterocycles. The third-order valence-corrected chi connectivity index (χ3v) is 3.09. The first-order valence-electron chi connectivity index (χ1n) is 5.85. The molecular weight excluding hydrogens is 285 g/mol. The zero-order valence-electron chi connectivity index (χ0n) is 10.8. The van der Waals surface area contributed by atoms with Crippen molar-refractivity contribution < 1.29 is 13.9 Å². The van der Waals surface area contributed by atoms with Gasteiger partial charge in [-0.15, -0.1) is 0 Å². The molecule has 5 nitrogen and oxygen atoms in total. The lowest BCUT2D eigenvalue weighted by Gasteiger charge is -2.09. The number of anilines is 1. The Morgan fingerprint density at radius 3 is 3.00 bits per heavy atom. The summed E-state index contributed by atoms with van der Waals surface area (Å²) in [5.41, 5.74) is 5.62. The predicted molar refractivity (Wildman–Crippen MR) is 73.4 cm³/mol. The lowest BCUT2D eigenvalue weighted by molar-refractivity contribution is 0.102. The van der Waals surface area contributed by atoms with Gasteiger partial charge in [-0.05, 0) is 12.1 Å². The molecule has 1 aromatic heterocycles. The third-order valence-electron chi connectivity index (χ3n) is 2.81. The fourth-order valence-corrected chi connectivity index (χ4v) is 2.03. The van der Waals surface area contributed by atoms with Crippen LogP contribution in [0.25, 0.3) is 0 Å². The lowest BCUT2D eigenvalue weighted by Crippen LogP contribution is -2.16. The molecule has 0 fully saturated rings. The van der Waals surface area contributed by atoms with E-state index in [0.717, 1.165) is 0 Å². The predicted octanol–water partition coefficient (Wildman–Crippen LogP) is 2.14. The van der Waals surface area contributed by atoms with Crippen LogP contribution in [0, 0.1) is 5.82 Å². The summed E-state index contributed by atoms with van der Waals surface area (Å²) in [5.74, 6) is -1.12. The largest absolute Gasteiger partial charge is 0.396 e. The summed E-state index contributed by atoms with van der Waals surface area (Å²) in [6, 6.07) is 4.06. The highest BCUT2D eigenvalue weighted by atomic mass is 35.5. The number of aromatic nitrogens is 2. The van der Waals surface area contributed by atoms with E-state index in [1.54, 1.807) is 0 Å². The average molecular weight is 298 g/mol. The van der Waals surface area contributed by atoms with Crippen LogP contribution in [-0.2, 0) is 11.3 Å². The highest BCUT2D eigenvalue weighted by Gasteiger charge is 2.22. The molecule has 0 aliphatic heterocycles. The Balaban J connectivity index is 2.43. The summed E-state index contributed by atoms with van der Waals surface area (Å²) in [6.45, 7) is 0.733. The molecule has 0 radical (unpaired) electrons. The van der Waals surface area contributed by atoms with Crippen molar-refractivity contribution in [1.82, 2.24) is 9.78 Å². The molecule has 7 heteroatoms. The number of carbonyl (C=O) groups excluding carboxylic acids is 1. The van der Waals surface area contributed by atoms with Gasteiger partial charge in [-0.25, -0.2) is 4.39 Å². The zero-order valence-corrected chi connectivity index (χ0v) is 11.5. The Morgan fingerprint density at radius 1 is 1.55 bits per heavy atom. The van der Waals surface area contributed by atoms with Crippen LogP contribution < -0.4 is 5.73 Å². The number of nitrogens with two attached hydrogens (primary N) is 1. The molecule has 1 aromatic carbocycles. The second kappa shape index (κ2) is 6.02. The molecule has 0 saturated carbocycles. The number of rotatable bonds is 5. The second-order valence-electron chi connectivity index (χ2n) is 4.09. The number of carbonyl (C=O) groups is 1. The van der Waals surface area contributed by atoms with E-state index in [0.29, 0.717) is 13.2 Å². The molecule has 0 unspecified atom stereocenters. The molecule has 0 aliphatic rings. The van der Waals surface area contributed by atoms with Gasteiger partial charge < -0.3 is 10.5 Å². The van der Waals surface area contributed by atoms with Gasteiger partial charge in [0, 0.05) is 7.11 Å². The van der Waals surface area contributed by atoms with Crippen molar-refractivity contribution in [3.8, 4) is 0 Å². The Morgan fingerprint density at radius 2 is 2.30 bits per heavy atom. The molecule has 0 spiro atoms. The first-order valence-corrected chi connectivity index (χ1v) is 6.23. The maximum absolute atomic E-state index is 13.4. The first kappa shape index (κ1) is 14.5. The fraction of sp³-hybridized carbons (Fsp3) is 0.231. The second-order valence-corrected chi connectivity index (χ2v) is 4.49. The van der Waals surface area contributed by atoms with Crippen LogP contribution >= 0.6 is 11.6 Å². The normalized spacial score (nSPS) is 10.8. The quantitative estimate of drug-likeness (QED) is 0.678. The van der Waals surface area contributed by atoms with E-state index in [4.69, 9.17) is 22.1 Å². The SMILES string of the molecule is COCCn1ncc(Cl)c1C(=O)c1cccc(F)c1N. The van der Waals surface area contributed by atoms with Crippen LogP contribution in [0.4, 0.5) is 10.1 Å². The van der Waals surface area contributed by atoms with E-state index in [1.165, 1.54) is 36.2 Å². The van der Waals surface area contributed by atoms with Gasteiger partial charge in [-0.1, -0.05) is 17.7 Å². The molecule has 2 rings (SSSR count). The molecule has 0 aliphatic carbocycles. The van der Waals surface area contributed by atoms with E-state index >= 15 is 0 Å². The van der Waals surface area contributed by atoms with Crippen LogP contribution in [0.1, 0.15) is 16.1 Å². The van der Waals surface area contributed by atoms with Gasteiger partial charge in [0.25, 0.3) is 0 Å². The summed E-state index contributed by atoms with van der Waals surface area (Å²) in [6.07, 6.45) is 1.36. The van der Waals surface area contributed by atoms with E-state index in [-0.39, 0.29) is 22.0 Å². The summed E-state index contributed by atoms with van der Waals surface area (Å²) >= 11 is 5.98. The minimum absolute atomic E-state index is 0.0612. The van der Waals surface area contributed by atoms with Crippen LogP contribution in [0.3, 0.4) is 0 Å². The van der Waals surface area contributed by atoms with E-state index < -0.39 is 11.6 Å². The van der Waals surface area contributed by atoms with Crippen LogP contribution in [0.5, 0.6) is 0 Å². The van der Waals surface area contributed by atoms with Crippen molar-refractivity contribution >= 4 is 23.1 Å². The molecule has 0 atom stereocenters. The maximum atomic E-state index is 13.4. The van der Waals surface area contributed by atoms with Crippen LogP contribution in [0.15, 0.2) is 24.4 Å². The molecule has 2 aromatic rings. The Hall–Kier alpha value is -1.92. The number of methoxy groups -OCH3 is 1. The van der Waals surface area contributed by atoms with Gasteiger partial charge in [0.2, 0.25) is 5.78 Å². The van der Waals surface area contributed by atoms with Crippen LogP contribution in [-0.4, -0.2) is 29.3 Å². The first-order chi connectivity index (χ1) is 9.56. The topological polar surface area (TPSA) is 70.1 Å². The van der Waals surface area contributed by atoms with Gasteiger partial charge in [0.1, 0.15) is 11.5 Å². The number of nitrogen functional groups attached to an aromatic ring is 1. The third kappa shape index (κ3) is 2.66. The highest BCUT2D eigenvalue weighted by molar-refractivity contribution is 6.34. The summed E-state index contributed by atoms with van der Waals surface area (Å²) in [5, 5.41) is 4.19. The average Bonchev–Trinajstić information content (AvgIpc) is 2.80. The van der Waals surface area contributed by atoms with Crippen molar-refractivity contribution in [2.24, 2.45) is 0 Å². The van der Waals surface area contributed by atoms with E-state index in [9.17, 15) is 9.18 Å². The van der Waals surface area contributed by atoms with Gasteiger partial charge >= 0.3 is 0 Å². The number of nitrogens with zero attached hydrogens (tertiary/aromatic N) is 2. The van der Waals surface area contributed by atoms with Gasteiger partial charge in [0.15, 0.2) is 0 Å². The fourth-order valence-electron chi connectivity index (χ4n) is 1.80. The smallest absolute Gasteiger partial charge is 0.214 e. The zero-order chi connectivity index (χ0) is 14.7. The molecule has 0 amide bonds. The summed E-state index contributed by atoms with van der Waals surface area (Å²) in [4.78, 5) is 12.5. The molecular formula is C13H13ClFN3O2. The molecule has 20 heavy (non-hydrogen) atoms. The summed E-state index contributed by atoms with van der Waals surface area (Å²) in [7, 11) is 1.54. The highest BCUT2D eigenvalue weighted by Crippen LogP contribution is 2.23. The van der Waals surface area contributed by atoms with Crippen molar-refractivity contribution in [2.75, 3.05) is 19.5 Å². The van der Waals surface area contributed by atoms with Crippen molar-refractivity contribution in [1.29, 1.82) is 0 Å². The number of ether oxygens (including phenoxy) is 1. The van der Waals surface area contributed by atoms with Gasteiger partial charge in [-0.3, -0.25) is 9.48 Å².